The lowest BCUT2D eigenvalue weighted by Gasteiger charge is -2.02. The van der Waals surface area contributed by atoms with Crippen molar-refractivity contribution in [2.24, 2.45) is 5.73 Å². The van der Waals surface area contributed by atoms with Gasteiger partial charge in [-0.2, -0.15) is 0 Å². The van der Waals surface area contributed by atoms with Crippen LogP contribution in [0.1, 0.15) is 30.1 Å². The molecule has 0 radical (unpaired) electrons. The first-order valence-electron chi connectivity index (χ1n) is 5.71. The molecule has 0 saturated carbocycles. The van der Waals surface area contributed by atoms with E-state index >= 15 is 0 Å². The lowest BCUT2D eigenvalue weighted by Crippen LogP contribution is -2.24. The minimum atomic E-state index is -0.968. The van der Waals surface area contributed by atoms with E-state index in [1.165, 1.54) is 0 Å². The van der Waals surface area contributed by atoms with Crippen molar-refractivity contribution in [2.45, 2.75) is 19.8 Å². The van der Waals surface area contributed by atoms with Gasteiger partial charge in [-0.15, -0.1) is 0 Å². The van der Waals surface area contributed by atoms with Gasteiger partial charge in [0.05, 0.1) is 12.1 Å². The van der Waals surface area contributed by atoms with Gasteiger partial charge < -0.3 is 16.2 Å². The van der Waals surface area contributed by atoms with E-state index in [4.69, 9.17) is 5.11 Å². The van der Waals surface area contributed by atoms with Gasteiger partial charge in [-0.05, 0) is 18.6 Å². The maximum atomic E-state index is 11.4. The quantitative estimate of drug-likeness (QED) is 0.668. The zero-order valence-corrected chi connectivity index (χ0v) is 10.4. The van der Waals surface area contributed by atoms with Crippen molar-refractivity contribution >= 4 is 11.9 Å². The Morgan fingerprint density at radius 1 is 1.50 bits per heavy atom. The number of nitrogens with one attached hydrogen (secondary N) is 1. The van der Waals surface area contributed by atoms with Crippen LogP contribution in [0.4, 0.5) is 0 Å². The largest absolute Gasteiger partial charge is 0.480 e. The number of hydrogen-bond donors (Lipinski definition) is 3. The third-order valence-electron chi connectivity index (χ3n) is 1.91. The summed E-state index contributed by atoms with van der Waals surface area (Å²) in [6.45, 7) is 2.56. The predicted molar refractivity (Wildman–Crippen MR) is 68.2 cm³/mol. The molecule has 6 nitrogen and oxygen atoms in total. The van der Waals surface area contributed by atoms with Crippen LogP contribution < -0.4 is 11.1 Å². The summed E-state index contributed by atoms with van der Waals surface area (Å²) in [5.41, 5.74) is 5.20. The van der Waals surface area contributed by atoms with Crippen LogP contribution in [0.3, 0.4) is 0 Å². The molecule has 0 fully saturated rings. The number of carboxylic acid groups (broad SMARTS) is 1. The number of carbonyl (C=O) groups excluding carboxylic acids is 1. The zero-order chi connectivity index (χ0) is 13.8. The molecule has 0 spiro atoms. The number of aromatic nitrogens is 1. The normalized spacial score (nSPS) is 9.00. The van der Waals surface area contributed by atoms with E-state index < -0.39 is 5.97 Å². The summed E-state index contributed by atoms with van der Waals surface area (Å²) in [7, 11) is 0. The van der Waals surface area contributed by atoms with Crippen molar-refractivity contribution in [3.63, 3.8) is 0 Å². The van der Waals surface area contributed by atoms with Crippen molar-refractivity contribution in [3.05, 3.63) is 30.1 Å². The Morgan fingerprint density at radius 2 is 2.17 bits per heavy atom. The van der Waals surface area contributed by atoms with Crippen LogP contribution in [0.25, 0.3) is 0 Å². The van der Waals surface area contributed by atoms with E-state index in [1.54, 1.807) is 24.5 Å². The van der Waals surface area contributed by atoms with E-state index in [1.807, 2.05) is 0 Å². The number of carbonyl (C=O) groups is 2. The zero-order valence-electron chi connectivity index (χ0n) is 10.4. The molecule has 1 rings (SSSR count). The van der Waals surface area contributed by atoms with Gasteiger partial charge in [0.1, 0.15) is 0 Å². The van der Waals surface area contributed by atoms with Crippen LogP contribution in [0.5, 0.6) is 0 Å². The highest BCUT2D eigenvalue weighted by molar-refractivity contribution is 5.93. The number of nitrogens with two attached hydrogens (primary N) is 1. The molecule has 4 N–H and O–H groups in total. The fourth-order valence-electron chi connectivity index (χ4n) is 0.978. The SMILES string of the molecule is CCCCNC(=O)c1cccnc1.NCC(=O)O. The Kier molecular flexibility index (Phi) is 9.11. The Hall–Kier alpha value is -1.95. The number of unbranched alkanes of at least 4 members (excludes halogenated alkanes) is 1. The van der Waals surface area contributed by atoms with Crippen molar-refractivity contribution < 1.29 is 14.7 Å². The second kappa shape index (κ2) is 10.2. The summed E-state index contributed by atoms with van der Waals surface area (Å²) in [6.07, 6.45) is 5.34. The number of pyridine rings is 1. The molecule has 1 aromatic heterocycles. The number of nitrogens with zero attached hydrogens (tertiary/aromatic N) is 1. The van der Waals surface area contributed by atoms with E-state index in [2.05, 4.69) is 23.0 Å². The summed E-state index contributed by atoms with van der Waals surface area (Å²) in [4.78, 5) is 24.5. The smallest absolute Gasteiger partial charge is 0.317 e. The van der Waals surface area contributed by atoms with Gasteiger partial charge in [0.2, 0.25) is 0 Å². The van der Waals surface area contributed by atoms with Crippen LogP contribution in [0, 0.1) is 0 Å². The molecule has 0 bridgehead atoms. The standard InChI is InChI=1S/C10H14N2O.C2H5NO2/c1-2-3-7-12-10(13)9-5-4-6-11-8-9;3-1-2(4)5/h4-6,8H,2-3,7H2,1H3,(H,12,13);1,3H2,(H,4,5). The molecule has 0 aliphatic heterocycles. The molecule has 0 aromatic carbocycles. The Morgan fingerprint density at radius 3 is 2.61 bits per heavy atom. The lowest BCUT2D eigenvalue weighted by molar-refractivity contribution is -0.135. The predicted octanol–water partition coefficient (Wildman–Crippen LogP) is 0.641. The van der Waals surface area contributed by atoms with Gasteiger partial charge in [0, 0.05) is 18.9 Å². The molecule has 18 heavy (non-hydrogen) atoms. The van der Waals surface area contributed by atoms with E-state index in [0.717, 1.165) is 19.4 Å². The highest BCUT2D eigenvalue weighted by atomic mass is 16.4. The number of aliphatic carboxylic acids is 1. The molecule has 100 valence electrons. The van der Waals surface area contributed by atoms with Crippen molar-refractivity contribution in [2.75, 3.05) is 13.1 Å². The minimum absolute atomic E-state index is 0.0402. The van der Waals surface area contributed by atoms with E-state index in [0.29, 0.717) is 5.56 Å². The van der Waals surface area contributed by atoms with Gasteiger partial charge in [0.25, 0.3) is 5.91 Å². The fraction of sp³-hybridized carbons (Fsp3) is 0.417. The molecular weight excluding hydrogens is 234 g/mol. The molecular formula is C12H19N3O3. The molecule has 1 amide bonds. The summed E-state index contributed by atoms with van der Waals surface area (Å²) in [6, 6.07) is 3.52. The Balaban J connectivity index is 0.000000494. The van der Waals surface area contributed by atoms with Gasteiger partial charge in [-0.3, -0.25) is 14.6 Å². The van der Waals surface area contributed by atoms with Crippen molar-refractivity contribution in [1.82, 2.24) is 10.3 Å². The highest BCUT2D eigenvalue weighted by Gasteiger charge is 2.02. The fourth-order valence-corrected chi connectivity index (χ4v) is 0.978. The second-order valence-electron chi connectivity index (χ2n) is 3.45. The van der Waals surface area contributed by atoms with Crippen LogP contribution in [-0.2, 0) is 4.79 Å². The molecule has 0 aliphatic rings. The van der Waals surface area contributed by atoms with Crippen LogP contribution >= 0.6 is 0 Å². The Bertz CT molecular complexity index is 355. The molecule has 0 saturated heterocycles. The monoisotopic (exact) mass is 253 g/mol. The first-order valence-corrected chi connectivity index (χ1v) is 5.71. The third-order valence-corrected chi connectivity index (χ3v) is 1.91. The molecule has 0 atom stereocenters. The molecule has 0 aliphatic carbocycles. The Labute approximate surface area is 106 Å². The van der Waals surface area contributed by atoms with E-state index in [-0.39, 0.29) is 12.5 Å². The van der Waals surface area contributed by atoms with Crippen LogP contribution in [-0.4, -0.2) is 35.1 Å². The second-order valence-corrected chi connectivity index (χ2v) is 3.45. The average Bonchev–Trinajstić information content (AvgIpc) is 2.40. The number of rotatable bonds is 5. The van der Waals surface area contributed by atoms with Crippen LogP contribution in [0.2, 0.25) is 0 Å². The first kappa shape index (κ1) is 16.1. The van der Waals surface area contributed by atoms with Gasteiger partial charge >= 0.3 is 5.97 Å². The molecule has 1 aromatic rings. The summed E-state index contributed by atoms with van der Waals surface area (Å²) in [5.74, 6) is -1.01. The molecule has 0 unspecified atom stereocenters. The van der Waals surface area contributed by atoms with Crippen molar-refractivity contribution in [1.29, 1.82) is 0 Å². The van der Waals surface area contributed by atoms with Gasteiger partial charge in [-0.1, -0.05) is 13.3 Å². The minimum Gasteiger partial charge on any atom is -0.480 e. The lowest BCUT2D eigenvalue weighted by atomic mass is 10.2. The third kappa shape index (κ3) is 8.23. The number of hydrogen-bond acceptors (Lipinski definition) is 4. The maximum absolute atomic E-state index is 11.4. The summed E-state index contributed by atoms with van der Waals surface area (Å²) >= 11 is 0. The molecule has 1 heterocycles. The first-order chi connectivity index (χ1) is 8.61. The average molecular weight is 253 g/mol. The highest BCUT2D eigenvalue weighted by Crippen LogP contribution is 1.95. The molecule has 6 heteroatoms. The number of amides is 1. The number of carboxylic acids is 1. The summed E-state index contributed by atoms with van der Waals surface area (Å²) < 4.78 is 0. The van der Waals surface area contributed by atoms with Crippen molar-refractivity contribution in [3.8, 4) is 0 Å². The topological polar surface area (TPSA) is 105 Å². The van der Waals surface area contributed by atoms with E-state index in [9.17, 15) is 9.59 Å². The maximum Gasteiger partial charge on any atom is 0.317 e. The van der Waals surface area contributed by atoms with Gasteiger partial charge in [0.15, 0.2) is 0 Å². The van der Waals surface area contributed by atoms with Crippen LogP contribution in [0.15, 0.2) is 24.5 Å². The summed E-state index contributed by atoms with van der Waals surface area (Å²) in [5, 5.41) is 10.4. The van der Waals surface area contributed by atoms with Gasteiger partial charge in [-0.25, -0.2) is 0 Å².